The van der Waals surface area contributed by atoms with Crippen LogP contribution in [0.1, 0.15) is 18.5 Å². The van der Waals surface area contributed by atoms with E-state index in [2.05, 4.69) is 15.9 Å². The number of non-ortho nitro benzene ring substituents is 1. The highest BCUT2D eigenvalue weighted by atomic mass is 79.9. The van der Waals surface area contributed by atoms with Crippen LogP contribution < -0.4 is 4.90 Å². The molecule has 0 radical (unpaired) electrons. The van der Waals surface area contributed by atoms with E-state index in [0.29, 0.717) is 11.3 Å². The molecule has 8 heteroatoms. The van der Waals surface area contributed by atoms with Crippen LogP contribution in [0.2, 0.25) is 0 Å². The minimum absolute atomic E-state index is 0.0848. The minimum Gasteiger partial charge on any atom is -0.503 e. The van der Waals surface area contributed by atoms with Crippen LogP contribution in [0.25, 0.3) is 0 Å². The van der Waals surface area contributed by atoms with E-state index in [9.17, 15) is 24.8 Å². The number of amides is 1. The van der Waals surface area contributed by atoms with Crippen molar-refractivity contribution in [2.24, 2.45) is 0 Å². The Balaban J connectivity index is 2.19. The first-order valence-electron chi connectivity index (χ1n) is 7.59. The fourth-order valence-corrected chi connectivity index (χ4v) is 3.22. The van der Waals surface area contributed by atoms with E-state index >= 15 is 0 Å². The fraction of sp³-hybridized carbons (Fsp3) is 0.111. The SMILES string of the molecule is CC(=O)C1=C(O)C(=O)N(c2ccc(Br)cc2)[C@H]1c1cccc([N+](=O)[O-])c1. The van der Waals surface area contributed by atoms with Gasteiger partial charge in [0.15, 0.2) is 11.5 Å². The van der Waals surface area contributed by atoms with Gasteiger partial charge in [0.05, 0.1) is 16.5 Å². The average molecular weight is 417 g/mol. The molecular formula is C18H13BrN2O5. The lowest BCUT2D eigenvalue weighted by molar-refractivity contribution is -0.384. The molecule has 0 saturated carbocycles. The molecule has 1 N–H and O–H groups in total. The maximum absolute atomic E-state index is 12.6. The predicted octanol–water partition coefficient (Wildman–Crippen LogP) is 3.85. The summed E-state index contributed by atoms with van der Waals surface area (Å²) in [6, 6.07) is 11.5. The molecule has 0 unspecified atom stereocenters. The highest BCUT2D eigenvalue weighted by Gasteiger charge is 2.43. The Morgan fingerprint density at radius 2 is 1.88 bits per heavy atom. The van der Waals surface area contributed by atoms with Crippen molar-refractivity contribution >= 4 is 39.0 Å². The molecule has 3 rings (SSSR count). The molecule has 1 aliphatic heterocycles. The van der Waals surface area contributed by atoms with Crippen molar-refractivity contribution in [2.75, 3.05) is 4.90 Å². The molecule has 1 atom stereocenters. The zero-order valence-electron chi connectivity index (χ0n) is 13.5. The third-order valence-corrected chi connectivity index (χ3v) is 4.62. The first-order valence-corrected chi connectivity index (χ1v) is 8.38. The monoisotopic (exact) mass is 416 g/mol. The Hall–Kier alpha value is -3.00. The molecule has 2 aromatic rings. The molecule has 2 aromatic carbocycles. The van der Waals surface area contributed by atoms with Crippen molar-refractivity contribution in [1.82, 2.24) is 0 Å². The first kappa shape index (κ1) is 17.8. The number of hydrogen-bond acceptors (Lipinski definition) is 5. The first-order chi connectivity index (χ1) is 12.3. The van der Waals surface area contributed by atoms with Crippen LogP contribution in [-0.4, -0.2) is 21.7 Å². The second-order valence-electron chi connectivity index (χ2n) is 5.72. The van der Waals surface area contributed by atoms with Crippen LogP contribution in [-0.2, 0) is 9.59 Å². The molecule has 1 heterocycles. The van der Waals surface area contributed by atoms with Gasteiger partial charge in [0.2, 0.25) is 0 Å². The number of hydrogen-bond donors (Lipinski definition) is 1. The van der Waals surface area contributed by atoms with Gasteiger partial charge in [0.25, 0.3) is 11.6 Å². The number of carbonyl (C=O) groups excluding carboxylic acids is 2. The van der Waals surface area contributed by atoms with E-state index in [1.807, 2.05) is 0 Å². The van der Waals surface area contributed by atoms with Crippen LogP contribution >= 0.6 is 15.9 Å². The molecule has 0 aliphatic carbocycles. The number of benzene rings is 2. The normalized spacial score (nSPS) is 16.9. The fourth-order valence-electron chi connectivity index (χ4n) is 2.96. The summed E-state index contributed by atoms with van der Waals surface area (Å²) in [6.45, 7) is 1.24. The summed E-state index contributed by atoms with van der Waals surface area (Å²) in [5, 5.41) is 21.3. The van der Waals surface area contributed by atoms with Gasteiger partial charge >= 0.3 is 0 Å². The molecule has 0 aromatic heterocycles. The molecule has 0 bridgehead atoms. The summed E-state index contributed by atoms with van der Waals surface area (Å²) in [5.74, 6) is -1.85. The third-order valence-electron chi connectivity index (χ3n) is 4.09. The predicted molar refractivity (Wildman–Crippen MR) is 97.8 cm³/mol. The van der Waals surface area contributed by atoms with Crippen molar-refractivity contribution in [3.63, 3.8) is 0 Å². The molecule has 7 nitrogen and oxygen atoms in total. The molecule has 1 aliphatic rings. The van der Waals surface area contributed by atoms with E-state index in [1.54, 1.807) is 30.3 Å². The number of ketones is 1. The van der Waals surface area contributed by atoms with Crippen LogP contribution in [0.5, 0.6) is 0 Å². The average Bonchev–Trinajstić information content (AvgIpc) is 2.87. The Morgan fingerprint density at radius 3 is 2.46 bits per heavy atom. The summed E-state index contributed by atoms with van der Waals surface area (Å²) in [4.78, 5) is 36.5. The van der Waals surface area contributed by atoms with Crippen LogP contribution in [0.15, 0.2) is 64.3 Å². The van der Waals surface area contributed by atoms with Gasteiger partial charge in [-0.25, -0.2) is 0 Å². The number of aliphatic hydroxyl groups excluding tert-OH is 1. The topological polar surface area (TPSA) is 101 Å². The lowest BCUT2D eigenvalue weighted by atomic mass is 9.96. The number of rotatable bonds is 4. The minimum atomic E-state index is -0.943. The Kier molecular flexibility index (Phi) is 4.60. The third kappa shape index (κ3) is 2.99. The lowest BCUT2D eigenvalue weighted by Gasteiger charge is -2.26. The van der Waals surface area contributed by atoms with E-state index in [0.717, 1.165) is 4.47 Å². The van der Waals surface area contributed by atoms with E-state index in [1.165, 1.54) is 30.0 Å². The molecule has 0 spiro atoms. The number of halogens is 1. The van der Waals surface area contributed by atoms with Crippen LogP contribution in [0.4, 0.5) is 11.4 Å². The van der Waals surface area contributed by atoms with E-state index in [-0.39, 0.29) is 11.3 Å². The second kappa shape index (κ2) is 6.72. The Bertz CT molecular complexity index is 952. The van der Waals surface area contributed by atoms with Gasteiger partial charge in [-0.05, 0) is 36.8 Å². The van der Waals surface area contributed by atoms with Gasteiger partial charge in [-0.2, -0.15) is 0 Å². The molecule has 1 amide bonds. The van der Waals surface area contributed by atoms with Crippen LogP contribution in [0.3, 0.4) is 0 Å². The molecule has 26 heavy (non-hydrogen) atoms. The zero-order valence-corrected chi connectivity index (χ0v) is 15.1. The molecular weight excluding hydrogens is 404 g/mol. The Morgan fingerprint density at radius 1 is 1.23 bits per heavy atom. The number of nitrogens with zero attached hydrogens (tertiary/aromatic N) is 2. The molecule has 0 fully saturated rings. The van der Waals surface area contributed by atoms with Gasteiger partial charge in [-0.15, -0.1) is 0 Å². The van der Waals surface area contributed by atoms with Crippen molar-refractivity contribution in [3.05, 3.63) is 80.0 Å². The smallest absolute Gasteiger partial charge is 0.294 e. The highest BCUT2D eigenvalue weighted by molar-refractivity contribution is 9.10. The number of aliphatic hydroxyl groups is 1. The quantitative estimate of drug-likeness (QED) is 0.602. The molecule has 132 valence electrons. The van der Waals surface area contributed by atoms with E-state index < -0.39 is 28.4 Å². The van der Waals surface area contributed by atoms with Crippen molar-refractivity contribution in [3.8, 4) is 0 Å². The van der Waals surface area contributed by atoms with Gasteiger partial charge in [0, 0.05) is 22.3 Å². The number of Topliss-reactive ketones (excluding diaryl/α,β-unsaturated/α-hetero) is 1. The summed E-state index contributed by atoms with van der Waals surface area (Å²) in [6.07, 6.45) is 0. The maximum Gasteiger partial charge on any atom is 0.294 e. The number of nitro groups is 1. The van der Waals surface area contributed by atoms with Gasteiger partial charge in [-0.3, -0.25) is 24.6 Å². The number of anilines is 1. The van der Waals surface area contributed by atoms with Crippen molar-refractivity contribution in [1.29, 1.82) is 0 Å². The van der Waals surface area contributed by atoms with E-state index in [4.69, 9.17) is 0 Å². The van der Waals surface area contributed by atoms with Gasteiger partial charge in [-0.1, -0.05) is 28.1 Å². The molecule has 0 saturated heterocycles. The highest BCUT2D eigenvalue weighted by Crippen LogP contribution is 2.41. The lowest BCUT2D eigenvalue weighted by Crippen LogP contribution is -2.30. The van der Waals surface area contributed by atoms with Gasteiger partial charge in [0.1, 0.15) is 0 Å². The second-order valence-corrected chi connectivity index (χ2v) is 6.64. The zero-order chi connectivity index (χ0) is 19.0. The number of nitro benzene ring substituents is 1. The number of carbonyl (C=O) groups is 2. The van der Waals surface area contributed by atoms with Crippen molar-refractivity contribution < 1.29 is 19.6 Å². The van der Waals surface area contributed by atoms with Gasteiger partial charge < -0.3 is 5.11 Å². The Labute approximate surface area is 156 Å². The largest absolute Gasteiger partial charge is 0.503 e. The summed E-state index contributed by atoms with van der Waals surface area (Å²) < 4.78 is 0.795. The van der Waals surface area contributed by atoms with Crippen LogP contribution in [0, 0.1) is 10.1 Å². The maximum atomic E-state index is 12.6. The summed E-state index contributed by atoms with van der Waals surface area (Å²) in [7, 11) is 0. The standard InChI is InChI=1S/C18H13BrN2O5/c1-10(22)15-16(11-3-2-4-14(9-11)21(25)26)20(18(24)17(15)23)13-7-5-12(19)6-8-13/h2-9,16,23H,1H3/t16-/m0/s1. The van der Waals surface area contributed by atoms with Crippen molar-refractivity contribution in [2.45, 2.75) is 13.0 Å². The summed E-state index contributed by atoms with van der Waals surface area (Å²) in [5.41, 5.74) is 0.570. The summed E-state index contributed by atoms with van der Waals surface area (Å²) >= 11 is 3.31.